The zero-order valence-corrected chi connectivity index (χ0v) is 18.6. The molecule has 0 spiro atoms. The van der Waals surface area contributed by atoms with Crippen molar-refractivity contribution in [3.05, 3.63) is 11.6 Å². The van der Waals surface area contributed by atoms with Gasteiger partial charge in [0.15, 0.2) is 11.8 Å². The molecule has 1 saturated carbocycles. The minimum absolute atomic E-state index is 0. The van der Waals surface area contributed by atoms with Crippen LogP contribution < -0.4 is 10.6 Å². The number of halogens is 1. The fourth-order valence-electron chi connectivity index (χ4n) is 3.93. The fourth-order valence-corrected chi connectivity index (χ4v) is 3.93. The third kappa shape index (κ3) is 4.14. The predicted molar refractivity (Wildman–Crippen MR) is 111 cm³/mol. The molecule has 1 aliphatic heterocycles. The molecule has 3 atom stereocenters. The summed E-state index contributed by atoms with van der Waals surface area (Å²) in [6, 6.07) is 0.357. The first-order valence-corrected chi connectivity index (χ1v) is 8.95. The van der Waals surface area contributed by atoms with Crippen molar-refractivity contribution >= 4 is 29.9 Å². The number of hydrogen-bond donors (Lipinski definition) is 2. The highest BCUT2D eigenvalue weighted by Crippen LogP contribution is 2.52. The van der Waals surface area contributed by atoms with E-state index in [0.29, 0.717) is 37.8 Å². The molecule has 9 heteroatoms. The maximum atomic E-state index is 5.88. The lowest BCUT2D eigenvalue weighted by Crippen LogP contribution is -2.68. The number of aromatic nitrogens is 3. The van der Waals surface area contributed by atoms with Crippen LogP contribution in [0.25, 0.3) is 0 Å². The first-order valence-electron chi connectivity index (χ1n) is 8.95. The zero-order chi connectivity index (χ0) is 18.0. The van der Waals surface area contributed by atoms with Crippen molar-refractivity contribution in [3.8, 4) is 0 Å². The average Bonchev–Trinajstić information content (AvgIpc) is 3.17. The van der Waals surface area contributed by atoms with E-state index in [4.69, 9.17) is 14.5 Å². The summed E-state index contributed by atoms with van der Waals surface area (Å²) >= 11 is 0. The number of fused-ring (bicyclic) bond motifs is 1. The molecule has 3 rings (SSSR count). The number of nitrogens with zero attached hydrogens (tertiary/aromatic N) is 4. The van der Waals surface area contributed by atoms with Crippen LogP contribution in [-0.4, -0.2) is 59.7 Å². The highest BCUT2D eigenvalue weighted by atomic mass is 127. The summed E-state index contributed by atoms with van der Waals surface area (Å²) in [5, 5.41) is 15.2. The largest absolute Gasteiger partial charge is 0.383 e. The van der Waals surface area contributed by atoms with Crippen LogP contribution >= 0.6 is 24.0 Å². The smallest absolute Gasteiger partial charge is 0.192 e. The third-order valence-corrected chi connectivity index (χ3v) is 5.55. The fraction of sp³-hybridized carbons (Fsp3) is 0.824. The molecular formula is C17H31IN6O2. The van der Waals surface area contributed by atoms with Gasteiger partial charge in [0, 0.05) is 44.7 Å². The van der Waals surface area contributed by atoms with Gasteiger partial charge in [0.1, 0.15) is 12.4 Å². The van der Waals surface area contributed by atoms with Gasteiger partial charge in [-0.3, -0.25) is 0 Å². The molecule has 148 valence electrons. The Morgan fingerprint density at radius 2 is 2.19 bits per heavy atom. The van der Waals surface area contributed by atoms with Gasteiger partial charge in [0.25, 0.3) is 0 Å². The van der Waals surface area contributed by atoms with Crippen LogP contribution in [0.4, 0.5) is 0 Å². The van der Waals surface area contributed by atoms with Crippen LogP contribution in [0, 0.1) is 18.3 Å². The number of guanidine groups is 1. The lowest BCUT2D eigenvalue weighted by atomic mass is 9.57. The minimum Gasteiger partial charge on any atom is -0.383 e. The molecular weight excluding hydrogens is 447 g/mol. The number of nitrogens with one attached hydrogen (secondary N) is 2. The van der Waals surface area contributed by atoms with Gasteiger partial charge < -0.3 is 24.7 Å². The molecule has 2 heterocycles. The molecule has 1 aromatic rings. The summed E-state index contributed by atoms with van der Waals surface area (Å²) in [5.41, 5.74) is 0.103. The summed E-state index contributed by atoms with van der Waals surface area (Å²) in [5.74, 6) is 3.08. The van der Waals surface area contributed by atoms with Crippen molar-refractivity contribution in [1.29, 1.82) is 0 Å². The van der Waals surface area contributed by atoms with Gasteiger partial charge in [0.05, 0.1) is 12.7 Å². The predicted octanol–water partition coefficient (Wildman–Crippen LogP) is 1.24. The molecule has 2 aliphatic rings. The third-order valence-electron chi connectivity index (χ3n) is 5.55. The van der Waals surface area contributed by atoms with Crippen molar-refractivity contribution in [2.45, 2.75) is 45.9 Å². The monoisotopic (exact) mass is 478 g/mol. The van der Waals surface area contributed by atoms with Crippen LogP contribution in [-0.2, 0) is 23.1 Å². The molecule has 0 bridgehead atoms. The van der Waals surface area contributed by atoms with E-state index >= 15 is 0 Å². The van der Waals surface area contributed by atoms with Crippen LogP contribution in [0.1, 0.15) is 31.9 Å². The Kier molecular flexibility index (Phi) is 7.26. The summed E-state index contributed by atoms with van der Waals surface area (Å²) in [6.07, 6.45) is 1.46. The highest BCUT2D eigenvalue weighted by Gasteiger charge is 2.59. The Morgan fingerprint density at radius 1 is 1.42 bits per heavy atom. The molecule has 8 nitrogen and oxygen atoms in total. The van der Waals surface area contributed by atoms with Gasteiger partial charge >= 0.3 is 0 Å². The van der Waals surface area contributed by atoms with Crippen molar-refractivity contribution in [2.24, 2.45) is 23.4 Å². The van der Waals surface area contributed by atoms with Crippen LogP contribution in [0.5, 0.6) is 0 Å². The van der Waals surface area contributed by atoms with Gasteiger partial charge in [-0.1, -0.05) is 13.8 Å². The molecule has 26 heavy (non-hydrogen) atoms. The Bertz CT molecular complexity index is 633. The number of ether oxygens (including phenoxy) is 2. The summed E-state index contributed by atoms with van der Waals surface area (Å²) in [6.45, 7) is 9.14. The van der Waals surface area contributed by atoms with Gasteiger partial charge in [-0.25, -0.2) is 4.99 Å². The zero-order valence-electron chi connectivity index (χ0n) is 16.3. The van der Waals surface area contributed by atoms with E-state index in [1.807, 2.05) is 18.5 Å². The molecule has 2 N–H and O–H groups in total. The maximum absolute atomic E-state index is 5.88. The summed E-state index contributed by atoms with van der Waals surface area (Å²) < 4.78 is 13.0. The molecule has 1 aliphatic carbocycles. The normalized spacial score (nSPS) is 26.7. The Hall–Kier alpha value is -0.940. The summed E-state index contributed by atoms with van der Waals surface area (Å²) in [7, 11) is 3.66. The van der Waals surface area contributed by atoms with Crippen molar-refractivity contribution < 1.29 is 9.47 Å². The average molecular weight is 478 g/mol. The van der Waals surface area contributed by atoms with Crippen LogP contribution in [0.3, 0.4) is 0 Å². The molecule has 1 saturated heterocycles. The van der Waals surface area contributed by atoms with E-state index in [9.17, 15) is 0 Å². The maximum Gasteiger partial charge on any atom is 0.192 e. The summed E-state index contributed by atoms with van der Waals surface area (Å²) in [4.78, 5) is 4.72. The molecule has 0 amide bonds. The molecule has 0 radical (unpaired) electrons. The standard InChI is InChI=1S/C17H30N6O2.HI/c1-11-21-22-13(23(11)4)10-19-16(18-7-9-24-5)20-14-12-6-8-25-15(12)17(14,2)3;/h12,14-15H,6-10H2,1-5H3,(H2,18,19,20);1H. The Morgan fingerprint density at radius 3 is 2.85 bits per heavy atom. The SMILES string of the molecule is COCCNC(=NCc1nnc(C)n1C)NC1C2CCOC2C1(C)C.I. The molecule has 3 unspecified atom stereocenters. The number of aliphatic imine (C=N–C) groups is 1. The van der Waals surface area contributed by atoms with E-state index in [1.165, 1.54) is 0 Å². The lowest BCUT2D eigenvalue weighted by molar-refractivity contribution is -0.106. The second-order valence-corrected chi connectivity index (χ2v) is 7.49. The van der Waals surface area contributed by atoms with Crippen LogP contribution in [0.2, 0.25) is 0 Å². The number of aryl methyl sites for hydroxylation is 1. The highest BCUT2D eigenvalue weighted by molar-refractivity contribution is 14.0. The lowest BCUT2D eigenvalue weighted by Gasteiger charge is -2.54. The van der Waals surface area contributed by atoms with Gasteiger partial charge in [-0.15, -0.1) is 34.2 Å². The quantitative estimate of drug-likeness (QED) is 0.277. The minimum atomic E-state index is 0. The van der Waals surface area contributed by atoms with Gasteiger partial charge in [-0.2, -0.15) is 0 Å². The second-order valence-electron chi connectivity index (χ2n) is 7.49. The van der Waals surface area contributed by atoms with E-state index in [1.54, 1.807) is 7.11 Å². The van der Waals surface area contributed by atoms with Gasteiger partial charge in [-0.05, 0) is 13.3 Å². The number of methoxy groups -OCH3 is 1. The number of hydrogen-bond acceptors (Lipinski definition) is 5. The van der Waals surface area contributed by atoms with Gasteiger partial charge in [0.2, 0.25) is 0 Å². The molecule has 0 aromatic carbocycles. The van der Waals surface area contributed by atoms with E-state index in [2.05, 4.69) is 34.7 Å². The first-order chi connectivity index (χ1) is 11.9. The van der Waals surface area contributed by atoms with E-state index < -0.39 is 0 Å². The van der Waals surface area contributed by atoms with Crippen molar-refractivity contribution in [1.82, 2.24) is 25.4 Å². The van der Waals surface area contributed by atoms with Crippen LogP contribution in [0.15, 0.2) is 4.99 Å². The van der Waals surface area contributed by atoms with E-state index in [0.717, 1.165) is 30.6 Å². The Balaban J connectivity index is 0.00000243. The second kappa shape index (κ2) is 8.83. The first kappa shape index (κ1) is 21.4. The van der Waals surface area contributed by atoms with Crippen molar-refractivity contribution in [3.63, 3.8) is 0 Å². The Labute approximate surface area is 172 Å². The molecule has 2 fully saturated rings. The number of rotatable bonds is 6. The topological polar surface area (TPSA) is 85.6 Å². The van der Waals surface area contributed by atoms with E-state index in [-0.39, 0.29) is 29.4 Å². The molecule has 1 aromatic heterocycles. The van der Waals surface area contributed by atoms with Crippen molar-refractivity contribution in [2.75, 3.05) is 26.9 Å².